The van der Waals surface area contributed by atoms with Gasteiger partial charge in [0.15, 0.2) is 5.78 Å². The average Bonchev–Trinajstić information content (AvgIpc) is 2.91. The molecule has 102 valence electrons. The molecule has 1 saturated carbocycles. The van der Waals surface area contributed by atoms with Crippen LogP contribution in [0.3, 0.4) is 0 Å². The quantitative estimate of drug-likeness (QED) is 0.906. The van der Waals surface area contributed by atoms with Gasteiger partial charge in [-0.15, -0.1) is 0 Å². The minimum absolute atomic E-state index is 0.198. The fourth-order valence-electron chi connectivity index (χ4n) is 3.21. The molecule has 0 atom stereocenters. The number of phenolic OH excluding ortho intramolecular Hbond substituents is 1. The summed E-state index contributed by atoms with van der Waals surface area (Å²) in [6.45, 7) is 0.437. The van der Waals surface area contributed by atoms with Crippen molar-refractivity contribution < 1.29 is 14.6 Å². The van der Waals surface area contributed by atoms with Crippen LogP contribution in [0.5, 0.6) is 5.75 Å². The zero-order valence-electron chi connectivity index (χ0n) is 11.2. The van der Waals surface area contributed by atoms with Crippen molar-refractivity contribution in [3.05, 3.63) is 28.8 Å². The molecule has 19 heavy (non-hydrogen) atoms. The first-order chi connectivity index (χ1) is 9.25. The first-order valence-electron chi connectivity index (χ1n) is 7.24. The van der Waals surface area contributed by atoms with E-state index in [-0.39, 0.29) is 11.5 Å². The molecule has 0 spiro atoms. The summed E-state index contributed by atoms with van der Waals surface area (Å²) in [5, 5.41) is 10.0. The number of fused-ring (bicyclic) bond motifs is 1. The highest BCUT2D eigenvalue weighted by Gasteiger charge is 2.23. The standard InChI is InChI=1S/C16H20O3/c17-15-7-3-6-12-13(15)8-9-16(18)14(12)10-19-11-4-1-2-5-11/h8-9,11,18H,1-7,10H2. The van der Waals surface area contributed by atoms with Gasteiger partial charge in [0.2, 0.25) is 0 Å². The number of carbonyl (C=O) groups is 1. The summed E-state index contributed by atoms with van der Waals surface area (Å²) in [7, 11) is 0. The van der Waals surface area contributed by atoms with Gasteiger partial charge in [-0.25, -0.2) is 0 Å². The van der Waals surface area contributed by atoms with E-state index in [0.717, 1.165) is 42.4 Å². The van der Waals surface area contributed by atoms with Crippen LogP contribution in [0.1, 0.15) is 60.0 Å². The number of aromatic hydroxyl groups is 1. The van der Waals surface area contributed by atoms with E-state index in [1.807, 2.05) is 0 Å². The van der Waals surface area contributed by atoms with E-state index >= 15 is 0 Å². The fourth-order valence-corrected chi connectivity index (χ4v) is 3.21. The normalized spacial score (nSPS) is 19.7. The number of carbonyl (C=O) groups excluding carboxylic acids is 1. The second kappa shape index (κ2) is 5.33. The zero-order chi connectivity index (χ0) is 13.2. The van der Waals surface area contributed by atoms with Gasteiger partial charge in [0.25, 0.3) is 0 Å². The van der Waals surface area contributed by atoms with Gasteiger partial charge in [0.05, 0.1) is 12.7 Å². The number of benzene rings is 1. The van der Waals surface area contributed by atoms with Gasteiger partial charge in [-0.05, 0) is 43.4 Å². The Morgan fingerprint density at radius 2 is 1.95 bits per heavy atom. The largest absolute Gasteiger partial charge is 0.508 e. The highest BCUT2D eigenvalue weighted by Crippen LogP contribution is 2.32. The molecule has 1 fully saturated rings. The van der Waals surface area contributed by atoms with Crippen molar-refractivity contribution in [1.29, 1.82) is 0 Å². The molecule has 0 bridgehead atoms. The Kier molecular flexibility index (Phi) is 3.56. The predicted molar refractivity (Wildman–Crippen MR) is 72.4 cm³/mol. The molecule has 3 nitrogen and oxygen atoms in total. The maximum Gasteiger partial charge on any atom is 0.163 e. The Hall–Kier alpha value is -1.35. The number of rotatable bonds is 3. The summed E-state index contributed by atoms with van der Waals surface area (Å²) in [5.41, 5.74) is 2.63. The van der Waals surface area contributed by atoms with Crippen molar-refractivity contribution in [2.75, 3.05) is 0 Å². The zero-order valence-corrected chi connectivity index (χ0v) is 11.2. The summed E-state index contributed by atoms with van der Waals surface area (Å²) in [6.07, 6.45) is 7.42. The van der Waals surface area contributed by atoms with Crippen LogP contribution in [0.4, 0.5) is 0 Å². The van der Waals surface area contributed by atoms with Gasteiger partial charge < -0.3 is 9.84 Å². The van der Waals surface area contributed by atoms with E-state index in [4.69, 9.17) is 4.74 Å². The molecular weight excluding hydrogens is 240 g/mol. The smallest absolute Gasteiger partial charge is 0.163 e. The second-order valence-electron chi connectivity index (χ2n) is 5.58. The topological polar surface area (TPSA) is 46.5 Å². The van der Waals surface area contributed by atoms with E-state index in [2.05, 4.69) is 0 Å². The monoisotopic (exact) mass is 260 g/mol. The molecule has 0 aromatic heterocycles. The van der Waals surface area contributed by atoms with E-state index in [0.29, 0.717) is 19.1 Å². The lowest BCUT2D eigenvalue weighted by Crippen LogP contribution is -2.15. The van der Waals surface area contributed by atoms with Gasteiger partial charge in [-0.1, -0.05) is 12.8 Å². The van der Waals surface area contributed by atoms with Crippen LogP contribution >= 0.6 is 0 Å². The first kappa shape index (κ1) is 12.7. The third-order valence-corrected chi connectivity index (χ3v) is 4.30. The maximum atomic E-state index is 11.9. The number of ketones is 1. The number of ether oxygens (including phenoxy) is 1. The lowest BCUT2D eigenvalue weighted by molar-refractivity contribution is 0.0441. The molecule has 0 heterocycles. The van der Waals surface area contributed by atoms with Crippen molar-refractivity contribution in [2.45, 2.75) is 57.7 Å². The van der Waals surface area contributed by atoms with Crippen molar-refractivity contribution in [2.24, 2.45) is 0 Å². The third-order valence-electron chi connectivity index (χ3n) is 4.30. The lowest BCUT2D eigenvalue weighted by Gasteiger charge is -2.20. The minimum Gasteiger partial charge on any atom is -0.508 e. The molecule has 2 aliphatic carbocycles. The molecule has 3 rings (SSSR count). The van der Waals surface area contributed by atoms with Gasteiger partial charge in [-0.2, -0.15) is 0 Å². The SMILES string of the molecule is O=C1CCCc2c1ccc(O)c2COC1CCCC1. The predicted octanol–water partition coefficient (Wildman–Crippen LogP) is 3.37. The van der Waals surface area contributed by atoms with E-state index in [1.54, 1.807) is 12.1 Å². The molecule has 1 aromatic rings. The van der Waals surface area contributed by atoms with Crippen LogP contribution in [0.15, 0.2) is 12.1 Å². The van der Waals surface area contributed by atoms with E-state index < -0.39 is 0 Å². The fraction of sp³-hybridized carbons (Fsp3) is 0.562. The van der Waals surface area contributed by atoms with E-state index in [9.17, 15) is 9.90 Å². The van der Waals surface area contributed by atoms with Crippen LogP contribution in [-0.2, 0) is 17.8 Å². The van der Waals surface area contributed by atoms with Crippen LogP contribution in [0.25, 0.3) is 0 Å². The first-order valence-corrected chi connectivity index (χ1v) is 7.24. The summed E-state index contributed by atoms with van der Waals surface area (Å²) in [6, 6.07) is 3.39. The van der Waals surface area contributed by atoms with E-state index in [1.165, 1.54) is 12.8 Å². The van der Waals surface area contributed by atoms with Gasteiger partial charge in [0.1, 0.15) is 5.75 Å². The highest BCUT2D eigenvalue weighted by atomic mass is 16.5. The van der Waals surface area contributed by atoms with Crippen molar-refractivity contribution in [1.82, 2.24) is 0 Å². The van der Waals surface area contributed by atoms with Crippen molar-refractivity contribution >= 4 is 5.78 Å². The van der Waals surface area contributed by atoms with Crippen LogP contribution in [0, 0.1) is 0 Å². The molecule has 0 amide bonds. The van der Waals surface area contributed by atoms with Crippen LogP contribution < -0.4 is 0 Å². The lowest BCUT2D eigenvalue weighted by atomic mass is 9.87. The van der Waals surface area contributed by atoms with Crippen LogP contribution in [-0.4, -0.2) is 17.0 Å². The number of Topliss-reactive ketones (excluding diaryl/α,β-unsaturated/α-hetero) is 1. The highest BCUT2D eigenvalue weighted by molar-refractivity contribution is 5.99. The van der Waals surface area contributed by atoms with Gasteiger partial charge in [-0.3, -0.25) is 4.79 Å². The Morgan fingerprint density at radius 1 is 1.16 bits per heavy atom. The number of hydrogen-bond donors (Lipinski definition) is 1. The summed E-state index contributed by atoms with van der Waals surface area (Å²) >= 11 is 0. The van der Waals surface area contributed by atoms with Crippen molar-refractivity contribution in [3.63, 3.8) is 0 Å². The Labute approximate surface area is 113 Å². The average molecular weight is 260 g/mol. The summed E-state index contributed by atoms with van der Waals surface area (Å²) in [5.74, 6) is 0.467. The van der Waals surface area contributed by atoms with Gasteiger partial charge in [0, 0.05) is 17.5 Å². The summed E-state index contributed by atoms with van der Waals surface area (Å²) < 4.78 is 5.90. The molecule has 0 radical (unpaired) electrons. The molecule has 0 unspecified atom stereocenters. The second-order valence-corrected chi connectivity index (χ2v) is 5.58. The minimum atomic E-state index is 0.198. The van der Waals surface area contributed by atoms with Crippen LogP contribution in [0.2, 0.25) is 0 Å². The van der Waals surface area contributed by atoms with Crippen molar-refractivity contribution in [3.8, 4) is 5.75 Å². The Morgan fingerprint density at radius 3 is 2.74 bits per heavy atom. The molecule has 0 saturated heterocycles. The molecule has 2 aliphatic rings. The molecule has 3 heteroatoms. The maximum absolute atomic E-state index is 11.9. The Bertz CT molecular complexity index is 487. The molecule has 1 aromatic carbocycles. The molecular formula is C16H20O3. The number of phenols is 1. The third kappa shape index (κ3) is 2.52. The Balaban J connectivity index is 1.82. The molecule has 1 N–H and O–H groups in total. The number of hydrogen-bond acceptors (Lipinski definition) is 3. The summed E-state index contributed by atoms with van der Waals surface area (Å²) in [4.78, 5) is 11.9. The molecule has 0 aliphatic heterocycles. The van der Waals surface area contributed by atoms with Gasteiger partial charge >= 0.3 is 0 Å².